The van der Waals surface area contributed by atoms with E-state index in [1.807, 2.05) is 19.9 Å². The number of unbranched alkanes of at least 4 members (excludes halogenated alkanes) is 1. The molecule has 1 amide bonds. The maximum Gasteiger partial charge on any atom is 0.240 e. The Morgan fingerprint density at radius 3 is 2.88 bits per heavy atom. The molecule has 0 aromatic carbocycles. The number of allylic oxidation sites excluding steroid dienone is 1. The second kappa shape index (κ2) is 9.69. The van der Waals surface area contributed by atoms with E-state index in [1.165, 1.54) is 0 Å². The van der Waals surface area contributed by atoms with Crippen LogP contribution in [0.15, 0.2) is 17.4 Å². The van der Waals surface area contributed by atoms with Crippen molar-refractivity contribution in [2.24, 2.45) is 16.8 Å². The molecule has 0 aromatic heterocycles. The molecule has 17 heavy (non-hydrogen) atoms. The third kappa shape index (κ3) is 9.41. The minimum absolute atomic E-state index is 0.162. The van der Waals surface area contributed by atoms with Gasteiger partial charge in [-0.05, 0) is 36.9 Å². The van der Waals surface area contributed by atoms with Crippen molar-refractivity contribution in [3.63, 3.8) is 0 Å². The van der Waals surface area contributed by atoms with Crippen LogP contribution in [0.4, 0.5) is 0 Å². The van der Waals surface area contributed by atoms with Crippen LogP contribution in [0.25, 0.3) is 10.4 Å². The van der Waals surface area contributed by atoms with Crippen LogP contribution < -0.4 is 11.1 Å². The average molecular weight is 239 g/mol. The van der Waals surface area contributed by atoms with Crippen molar-refractivity contribution in [3.8, 4) is 0 Å². The fraction of sp³-hybridized carbons (Fsp3) is 0.727. The molecule has 0 aliphatic heterocycles. The smallest absolute Gasteiger partial charge is 0.240 e. The number of rotatable bonds is 8. The van der Waals surface area contributed by atoms with Gasteiger partial charge in [0.2, 0.25) is 5.91 Å². The predicted octanol–water partition coefficient (Wildman–Crippen LogP) is 2.08. The van der Waals surface area contributed by atoms with Gasteiger partial charge in [-0.3, -0.25) is 4.79 Å². The van der Waals surface area contributed by atoms with Gasteiger partial charge in [0.05, 0.1) is 6.04 Å². The zero-order chi connectivity index (χ0) is 13.1. The highest BCUT2D eigenvalue weighted by Gasteiger charge is 2.12. The SMILES string of the molecule is CC(C)C[C@@H](N)C(=O)N/C=C/CCCN=[N+]=[N-]. The number of azide groups is 1. The van der Waals surface area contributed by atoms with Crippen molar-refractivity contribution in [3.05, 3.63) is 22.7 Å². The van der Waals surface area contributed by atoms with Crippen molar-refractivity contribution in [1.29, 1.82) is 0 Å². The molecule has 0 saturated heterocycles. The monoisotopic (exact) mass is 239 g/mol. The Hall–Kier alpha value is -1.52. The molecule has 96 valence electrons. The zero-order valence-corrected chi connectivity index (χ0v) is 10.5. The van der Waals surface area contributed by atoms with E-state index in [0.717, 1.165) is 12.8 Å². The Morgan fingerprint density at radius 1 is 1.59 bits per heavy atom. The van der Waals surface area contributed by atoms with Gasteiger partial charge in [-0.25, -0.2) is 0 Å². The number of hydrogen-bond donors (Lipinski definition) is 2. The lowest BCUT2D eigenvalue weighted by Gasteiger charge is -2.11. The summed E-state index contributed by atoms with van der Waals surface area (Å²) in [5.74, 6) is 0.244. The van der Waals surface area contributed by atoms with Gasteiger partial charge in [-0.15, -0.1) is 0 Å². The number of carbonyl (C=O) groups excluding carboxylic acids is 1. The summed E-state index contributed by atoms with van der Waals surface area (Å²) in [6.45, 7) is 4.53. The maximum absolute atomic E-state index is 11.5. The molecule has 0 fully saturated rings. The highest BCUT2D eigenvalue weighted by molar-refractivity contribution is 5.82. The first-order valence-electron chi connectivity index (χ1n) is 5.79. The molecule has 0 aromatic rings. The standard InChI is InChI=1S/C11H21N5O/c1-9(2)8-10(12)11(17)14-6-4-3-5-7-15-16-13/h4,6,9-10H,3,5,7-8,12H2,1-2H3,(H,14,17)/b6-4+/t10-/m1/s1. The van der Waals surface area contributed by atoms with E-state index in [2.05, 4.69) is 15.3 Å². The molecular weight excluding hydrogens is 218 g/mol. The van der Waals surface area contributed by atoms with Crippen LogP contribution >= 0.6 is 0 Å². The van der Waals surface area contributed by atoms with E-state index in [1.54, 1.807) is 6.20 Å². The van der Waals surface area contributed by atoms with Crippen LogP contribution in [0.2, 0.25) is 0 Å². The first kappa shape index (κ1) is 15.5. The molecule has 6 nitrogen and oxygen atoms in total. The number of amides is 1. The van der Waals surface area contributed by atoms with Crippen LogP contribution in [0, 0.1) is 5.92 Å². The van der Waals surface area contributed by atoms with Gasteiger partial charge in [0.1, 0.15) is 0 Å². The largest absolute Gasteiger partial charge is 0.332 e. The van der Waals surface area contributed by atoms with Crippen LogP contribution in [0.3, 0.4) is 0 Å². The summed E-state index contributed by atoms with van der Waals surface area (Å²) in [7, 11) is 0. The second-order valence-electron chi connectivity index (χ2n) is 4.24. The molecule has 0 heterocycles. The Morgan fingerprint density at radius 2 is 2.29 bits per heavy atom. The van der Waals surface area contributed by atoms with Crippen molar-refractivity contribution in [2.75, 3.05) is 6.54 Å². The van der Waals surface area contributed by atoms with Crippen LogP contribution in [0.1, 0.15) is 33.1 Å². The quantitative estimate of drug-likeness (QED) is 0.293. The summed E-state index contributed by atoms with van der Waals surface area (Å²) in [5, 5.41) is 6.04. The third-order valence-corrected chi connectivity index (χ3v) is 2.10. The molecule has 0 bridgehead atoms. The minimum atomic E-state index is -0.456. The Labute approximate surface area is 102 Å². The first-order valence-corrected chi connectivity index (χ1v) is 5.79. The fourth-order valence-electron chi connectivity index (χ4n) is 1.27. The van der Waals surface area contributed by atoms with Crippen LogP contribution in [-0.2, 0) is 4.79 Å². The van der Waals surface area contributed by atoms with E-state index in [9.17, 15) is 4.79 Å². The second-order valence-corrected chi connectivity index (χ2v) is 4.24. The molecule has 3 N–H and O–H groups in total. The van der Waals surface area contributed by atoms with Gasteiger partial charge in [-0.1, -0.05) is 25.0 Å². The number of nitrogens with two attached hydrogens (primary N) is 1. The topological polar surface area (TPSA) is 104 Å². The molecule has 0 aliphatic rings. The van der Waals surface area contributed by atoms with E-state index >= 15 is 0 Å². The van der Waals surface area contributed by atoms with Gasteiger partial charge in [-0.2, -0.15) is 0 Å². The molecule has 0 unspecified atom stereocenters. The molecule has 0 rings (SSSR count). The minimum Gasteiger partial charge on any atom is -0.332 e. The average Bonchev–Trinajstić information content (AvgIpc) is 2.26. The van der Waals surface area contributed by atoms with Gasteiger partial charge in [0.25, 0.3) is 0 Å². The summed E-state index contributed by atoms with van der Waals surface area (Å²) in [6.07, 6.45) is 5.63. The van der Waals surface area contributed by atoms with E-state index in [0.29, 0.717) is 18.9 Å². The molecule has 0 spiro atoms. The van der Waals surface area contributed by atoms with Crippen molar-refractivity contribution < 1.29 is 4.79 Å². The molecule has 0 aliphatic carbocycles. The highest BCUT2D eigenvalue weighted by Crippen LogP contribution is 2.02. The maximum atomic E-state index is 11.5. The number of hydrogen-bond acceptors (Lipinski definition) is 3. The number of nitrogens with zero attached hydrogens (tertiary/aromatic N) is 3. The van der Waals surface area contributed by atoms with Crippen molar-refractivity contribution in [2.45, 2.75) is 39.2 Å². The number of carbonyl (C=O) groups is 1. The number of nitrogens with one attached hydrogen (secondary N) is 1. The van der Waals surface area contributed by atoms with Gasteiger partial charge >= 0.3 is 0 Å². The summed E-state index contributed by atoms with van der Waals surface area (Å²) in [6, 6.07) is -0.456. The normalized spacial score (nSPS) is 12.5. The Bertz CT molecular complexity index is 294. The highest BCUT2D eigenvalue weighted by atomic mass is 16.2. The van der Waals surface area contributed by atoms with Crippen molar-refractivity contribution in [1.82, 2.24) is 5.32 Å². The van der Waals surface area contributed by atoms with E-state index in [4.69, 9.17) is 11.3 Å². The fourth-order valence-corrected chi connectivity index (χ4v) is 1.27. The molecule has 0 saturated carbocycles. The first-order chi connectivity index (χ1) is 8.07. The summed E-state index contributed by atoms with van der Waals surface area (Å²) in [4.78, 5) is 14.1. The summed E-state index contributed by atoms with van der Waals surface area (Å²) < 4.78 is 0. The van der Waals surface area contributed by atoms with Gasteiger partial charge in [0.15, 0.2) is 0 Å². The summed E-state index contributed by atoms with van der Waals surface area (Å²) in [5.41, 5.74) is 13.7. The van der Waals surface area contributed by atoms with E-state index in [-0.39, 0.29) is 5.91 Å². The van der Waals surface area contributed by atoms with Crippen LogP contribution in [-0.4, -0.2) is 18.5 Å². The molecular formula is C11H21N5O. The lowest BCUT2D eigenvalue weighted by atomic mass is 10.0. The van der Waals surface area contributed by atoms with Crippen molar-refractivity contribution >= 4 is 5.91 Å². The summed E-state index contributed by atoms with van der Waals surface area (Å²) >= 11 is 0. The third-order valence-electron chi connectivity index (χ3n) is 2.10. The van der Waals surface area contributed by atoms with Gasteiger partial charge < -0.3 is 11.1 Å². The van der Waals surface area contributed by atoms with Crippen LogP contribution in [0.5, 0.6) is 0 Å². The zero-order valence-electron chi connectivity index (χ0n) is 10.5. The molecule has 0 radical (unpaired) electrons. The lowest BCUT2D eigenvalue weighted by molar-refractivity contribution is -0.121. The molecule has 1 atom stereocenters. The molecule has 6 heteroatoms. The Balaban J connectivity index is 3.68. The van der Waals surface area contributed by atoms with E-state index < -0.39 is 6.04 Å². The Kier molecular flexibility index (Phi) is 8.82. The van der Waals surface area contributed by atoms with Gasteiger partial charge in [0, 0.05) is 11.5 Å². The predicted molar refractivity (Wildman–Crippen MR) is 68.0 cm³/mol. The lowest BCUT2D eigenvalue weighted by Crippen LogP contribution is -2.39.